The van der Waals surface area contributed by atoms with Gasteiger partial charge < -0.3 is 10.1 Å². The third kappa shape index (κ3) is 4.83. The van der Waals surface area contributed by atoms with Crippen LogP contribution in [0.2, 0.25) is 0 Å². The summed E-state index contributed by atoms with van der Waals surface area (Å²) in [6.45, 7) is 3.59. The molecule has 0 unspecified atom stereocenters. The van der Waals surface area contributed by atoms with Crippen LogP contribution in [0.25, 0.3) is 0 Å². The van der Waals surface area contributed by atoms with Crippen molar-refractivity contribution >= 4 is 0 Å². The predicted molar refractivity (Wildman–Crippen MR) is 79.1 cm³/mol. The fourth-order valence-electron chi connectivity index (χ4n) is 1.99. The van der Waals surface area contributed by atoms with Crippen LogP contribution >= 0.6 is 0 Å². The van der Waals surface area contributed by atoms with Gasteiger partial charge in [-0.2, -0.15) is 0 Å². The first kappa shape index (κ1) is 15.4. The lowest BCUT2D eigenvalue weighted by Crippen LogP contribution is -2.14. The SMILES string of the molecule is CCCOc1cccc(CNCc2cc(F)ccc2F)c1. The quantitative estimate of drug-likeness (QED) is 0.831. The zero-order valence-electron chi connectivity index (χ0n) is 12.0. The minimum atomic E-state index is -0.428. The summed E-state index contributed by atoms with van der Waals surface area (Å²) in [7, 11) is 0. The summed E-state index contributed by atoms with van der Waals surface area (Å²) in [4.78, 5) is 0. The van der Waals surface area contributed by atoms with Crippen LogP contribution in [0, 0.1) is 11.6 Å². The molecule has 2 aromatic carbocycles. The molecular formula is C17H19F2NO. The Labute approximate surface area is 123 Å². The summed E-state index contributed by atoms with van der Waals surface area (Å²) in [5.41, 5.74) is 1.37. The number of ether oxygens (including phenoxy) is 1. The van der Waals surface area contributed by atoms with Crippen molar-refractivity contribution < 1.29 is 13.5 Å². The third-order valence-electron chi connectivity index (χ3n) is 3.02. The number of hydrogen-bond acceptors (Lipinski definition) is 2. The molecule has 0 saturated carbocycles. The maximum absolute atomic E-state index is 13.5. The zero-order valence-corrected chi connectivity index (χ0v) is 12.0. The summed E-state index contributed by atoms with van der Waals surface area (Å²) in [5.74, 6) is 0.000166. The normalized spacial score (nSPS) is 10.6. The summed E-state index contributed by atoms with van der Waals surface area (Å²) >= 11 is 0. The highest BCUT2D eigenvalue weighted by Crippen LogP contribution is 2.14. The van der Waals surface area contributed by atoms with Crippen LogP contribution in [0.3, 0.4) is 0 Å². The van der Waals surface area contributed by atoms with Gasteiger partial charge in [-0.3, -0.25) is 0 Å². The highest BCUT2D eigenvalue weighted by molar-refractivity contribution is 5.28. The average molecular weight is 291 g/mol. The molecule has 21 heavy (non-hydrogen) atoms. The highest BCUT2D eigenvalue weighted by Gasteiger charge is 2.03. The third-order valence-corrected chi connectivity index (χ3v) is 3.02. The van der Waals surface area contributed by atoms with E-state index in [4.69, 9.17) is 4.74 Å². The van der Waals surface area contributed by atoms with E-state index in [-0.39, 0.29) is 6.54 Å². The monoisotopic (exact) mass is 291 g/mol. The first-order valence-corrected chi connectivity index (χ1v) is 7.05. The van der Waals surface area contributed by atoms with Gasteiger partial charge in [-0.1, -0.05) is 19.1 Å². The second-order valence-corrected chi connectivity index (χ2v) is 4.84. The smallest absolute Gasteiger partial charge is 0.127 e. The molecule has 0 aliphatic carbocycles. The molecule has 0 heterocycles. The fourth-order valence-corrected chi connectivity index (χ4v) is 1.99. The number of halogens is 2. The number of benzene rings is 2. The second kappa shape index (κ2) is 7.74. The average Bonchev–Trinajstić information content (AvgIpc) is 2.49. The van der Waals surface area contributed by atoms with E-state index in [9.17, 15) is 8.78 Å². The summed E-state index contributed by atoms with van der Waals surface area (Å²) in [5, 5.41) is 3.11. The van der Waals surface area contributed by atoms with Crippen LogP contribution in [0.1, 0.15) is 24.5 Å². The molecule has 0 spiro atoms. The Morgan fingerprint density at radius 2 is 1.90 bits per heavy atom. The molecule has 2 rings (SSSR count). The van der Waals surface area contributed by atoms with Gasteiger partial charge in [-0.05, 0) is 42.3 Å². The van der Waals surface area contributed by atoms with Crippen LogP contribution in [0.4, 0.5) is 8.78 Å². The summed E-state index contributed by atoms with van der Waals surface area (Å²) in [6, 6.07) is 11.2. The lowest BCUT2D eigenvalue weighted by molar-refractivity contribution is 0.317. The Balaban J connectivity index is 1.89. The van der Waals surface area contributed by atoms with Gasteiger partial charge >= 0.3 is 0 Å². The molecule has 0 aliphatic rings. The number of rotatable bonds is 7. The van der Waals surface area contributed by atoms with Gasteiger partial charge in [0, 0.05) is 18.7 Å². The van der Waals surface area contributed by atoms with Crippen LogP contribution in [0.5, 0.6) is 5.75 Å². The van der Waals surface area contributed by atoms with E-state index < -0.39 is 11.6 Å². The zero-order chi connectivity index (χ0) is 15.1. The molecule has 4 heteroatoms. The van der Waals surface area contributed by atoms with Gasteiger partial charge in [0.1, 0.15) is 17.4 Å². The van der Waals surface area contributed by atoms with E-state index in [0.717, 1.165) is 29.9 Å². The van der Waals surface area contributed by atoms with Gasteiger partial charge in [-0.15, -0.1) is 0 Å². The minimum absolute atomic E-state index is 0.281. The van der Waals surface area contributed by atoms with E-state index in [2.05, 4.69) is 12.2 Å². The molecule has 0 bridgehead atoms. The molecule has 0 aromatic heterocycles. The molecular weight excluding hydrogens is 272 g/mol. The largest absolute Gasteiger partial charge is 0.494 e. The van der Waals surface area contributed by atoms with Crippen molar-refractivity contribution in [3.63, 3.8) is 0 Å². The highest BCUT2D eigenvalue weighted by atomic mass is 19.1. The molecule has 1 N–H and O–H groups in total. The Morgan fingerprint density at radius 1 is 1.05 bits per heavy atom. The van der Waals surface area contributed by atoms with Gasteiger partial charge in [-0.25, -0.2) is 8.78 Å². The molecule has 0 radical (unpaired) electrons. The van der Waals surface area contributed by atoms with Crippen LogP contribution < -0.4 is 10.1 Å². The van der Waals surface area contributed by atoms with Crippen molar-refractivity contribution in [3.8, 4) is 5.75 Å². The lowest BCUT2D eigenvalue weighted by atomic mass is 10.2. The van der Waals surface area contributed by atoms with Crippen molar-refractivity contribution in [1.29, 1.82) is 0 Å². The molecule has 2 nitrogen and oxygen atoms in total. The Bertz CT molecular complexity index is 587. The molecule has 0 atom stereocenters. The minimum Gasteiger partial charge on any atom is -0.494 e. The summed E-state index contributed by atoms with van der Waals surface area (Å²) in [6.07, 6.45) is 0.960. The lowest BCUT2D eigenvalue weighted by Gasteiger charge is -2.09. The maximum Gasteiger partial charge on any atom is 0.127 e. The molecule has 112 valence electrons. The van der Waals surface area contributed by atoms with E-state index in [0.29, 0.717) is 18.7 Å². The Morgan fingerprint density at radius 3 is 2.71 bits per heavy atom. The van der Waals surface area contributed by atoms with E-state index >= 15 is 0 Å². The van der Waals surface area contributed by atoms with Gasteiger partial charge in [0.25, 0.3) is 0 Å². The Kier molecular flexibility index (Phi) is 5.69. The number of hydrogen-bond donors (Lipinski definition) is 1. The second-order valence-electron chi connectivity index (χ2n) is 4.84. The van der Waals surface area contributed by atoms with Gasteiger partial charge in [0.2, 0.25) is 0 Å². The molecule has 0 fully saturated rings. The molecule has 0 aliphatic heterocycles. The molecule has 0 amide bonds. The molecule has 2 aromatic rings. The maximum atomic E-state index is 13.5. The fraction of sp³-hybridized carbons (Fsp3) is 0.294. The van der Waals surface area contributed by atoms with Gasteiger partial charge in [0.05, 0.1) is 6.61 Å². The van der Waals surface area contributed by atoms with Crippen LogP contribution in [0.15, 0.2) is 42.5 Å². The van der Waals surface area contributed by atoms with E-state index in [1.54, 1.807) is 0 Å². The van der Waals surface area contributed by atoms with Crippen molar-refractivity contribution in [2.24, 2.45) is 0 Å². The van der Waals surface area contributed by atoms with Crippen molar-refractivity contribution in [1.82, 2.24) is 5.32 Å². The van der Waals surface area contributed by atoms with Crippen molar-refractivity contribution in [2.75, 3.05) is 6.61 Å². The van der Waals surface area contributed by atoms with Gasteiger partial charge in [0.15, 0.2) is 0 Å². The van der Waals surface area contributed by atoms with Crippen LogP contribution in [-0.4, -0.2) is 6.61 Å². The van der Waals surface area contributed by atoms with E-state index in [1.807, 2.05) is 24.3 Å². The topological polar surface area (TPSA) is 21.3 Å². The summed E-state index contributed by atoms with van der Waals surface area (Å²) < 4.78 is 32.1. The Hall–Kier alpha value is -1.94. The van der Waals surface area contributed by atoms with Crippen molar-refractivity contribution in [2.45, 2.75) is 26.4 Å². The molecule has 0 saturated heterocycles. The standard InChI is InChI=1S/C17H19F2NO/c1-2-8-21-16-5-3-4-13(9-16)11-20-12-14-10-15(18)6-7-17(14)19/h3-7,9-10,20H,2,8,11-12H2,1H3. The number of nitrogens with one attached hydrogen (secondary N) is 1. The first-order valence-electron chi connectivity index (χ1n) is 7.05. The first-order chi connectivity index (χ1) is 10.2. The predicted octanol–water partition coefficient (Wildman–Crippen LogP) is 4.04. The van der Waals surface area contributed by atoms with Crippen LogP contribution in [-0.2, 0) is 13.1 Å². The van der Waals surface area contributed by atoms with E-state index in [1.165, 1.54) is 6.07 Å². The van der Waals surface area contributed by atoms with Crippen molar-refractivity contribution in [3.05, 3.63) is 65.2 Å².